The highest BCUT2D eigenvalue weighted by atomic mass is 35.5. The molecule has 0 aliphatic carbocycles. The molecule has 3 aromatic heterocycles. The Balaban J connectivity index is 1.17. The molecule has 5 aromatic rings. The van der Waals surface area contributed by atoms with Gasteiger partial charge in [-0.15, -0.1) is 10.2 Å². The van der Waals surface area contributed by atoms with E-state index in [1.54, 1.807) is 42.7 Å². The molecule has 1 aliphatic heterocycles. The first-order valence-electron chi connectivity index (χ1n) is 13.8. The van der Waals surface area contributed by atoms with Crippen LogP contribution in [0.1, 0.15) is 34.5 Å². The fourth-order valence-electron chi connectivity index (χ4n) is 5.27. The van der Waals surface area contributed by atoms with Crippen molar-refractivity contribution in [2.24, 2.45) is 7.05 Å². The lowest BCUT2D eigenvalue weighted by Crippen LogP contribution is -2.52. The predicted molar refractivity (Wildman–Crippen MR) is 159 cm³/mol. The van der Waals surface area contributed by atoms with Crippen molar-refractivity contribution in [2.75, 3.05) is 24.5 Å². The number of nitrogens with zero attached hydrogens (tertiary/aromatic N) is 8. The first-order chi connectivity index (χ1) is 20.7. The van der Waals surface area contributed by atoms with Crippen molar-refractivity contribution in [2.45, 2.75) is 32.7 Å². The van der Waals surface area contributed by atoms with E-state index in [1.165, 1.54) is 6.07 Å². The minimum atomic E-state index is -0.986. The van der Waals surface area contributed by atoms with Gasteiger partial charge >= 0.3 is 5.97 Å². The van der Waals surface area contributed by atoms with Gasteiger partial charge in [0.05, 0.1) is 29.7 Å². The van der Waals surface area contributed by atoms with Crippen LogP contribution in [0.5, 0.6) is 5.88 Å². The van der Waals surface area contributed by atoms with Crippen molar-refractivity contribution in [3.8, 4) is 5.88 Å². The molecule has 11 nitrogen and oxygen atoms in total. The molecular formula is C30H30ClFN8O3. The number of hydrogen-bond donors (Lipinski definition) is 1. The fourth-order valence-corrected chi connectivity index (χ4v) is 5.42. The van der Waals surface area contributed by atoms with Gasteiger partial charge in [0.15, 0.2) is 5.82 Å². The number of piperazine rings is 1. The molecule has 0 unspecified atom stereocenters. The quantitative estimate of drug-likeness (QED) is 0.262. The zero-order valence-electron chi connectivity index (χ0n) is 23.7. The third-order valence-corrected chi connectivity index (χ3v) is 7.95. The molecule has 0 bridgehead atoms. The van der Waals surface area contributed by atoms with Crippen LogP contribution in [0.4, 0.5) is 10.2 Å². The lowest BCUT2D eigenvalue weighted by Gasteiger charge is -2.40. The highest BCUT2D eigenvalue weighted by Gasteiger charge is 2.27. The summed E-state index contributed by atoms with van der Waals surface area (Å²) in [6.07, 6.45) is 1.64. The van der Waals surface area contributed by atoms with Crippen molar-refractivity contribution in [1.29, 1.82) is 0 Å². The molecule has 0 saturated carbocycles. The van der Waals surface area contributed by atoms with Crippen molar-refractivity contribution in [3.63, 3.8) is 0 Å². The smallest absolute Gasteiger partial charge is 0.335 e. The van der Waals surface area contributed by atoms with E-state index in [4.69, 9.17) is 21.3 Å². The second kappa shape index (κ2) is 12.0. The lowest BCUT2D eigenvalue weighted by molar-refractivity contribution is 0.0697. The SMILES string of the molecule is C[C@H]1CN(c2cccc(OCc3ccc(Cl)cc3F)n2)CCN1Cc1nc2ccc(C(=O)O)cc2n1Cc1nncn1C. The summed E-state index contributed by atoms with van der Waals surface area (Å²) >= 11 is 5.85. The number of rotatable bonds is 9. The first-order valence-corrected chi connectivity index (χ1v) is 14.2. The van der Waals surface area contributed by atoms with Gasteiger partial charge in [-0.1, -0.05) is 23.7 Å². The number of hydrogen-bond acceptors (Lipinski definition) is 8. The second-order valence-corrected chi connectivity index (χ2v) is 11.0. The number of halogens is 2. The summed E-state index contributed by atoms with van der Waals surface area (Å²) in [7, 11) is 1.88. The Morgan fingerprint density at radius 3 is 2.70 bits per heavy atom. The second-order valence-electron chi connectivity index (χ2n) is 10.6. The Labute approximate surface area is 252 Å². The molecule has 1 saturated heterocycles. The summed E-state index contributed by atoms with van der Waals surface area (Å²) in [4.78, 5) is 25.8. The summed E-state index contributed by atoms with van der Waals surface area (Å²) in [5, 5.41) is 18.1. The first kappa shape index (κ1) is 28.6. The van der Waals surface area contributed by atoms with Gasteiger partial charge in [-0.05, 0) is 43.3 Å². The molecule has 0 spiro atoms. The van der Waals surface area contributed by atoms with E-state index in [2.05, 4.69) is 31.9 Å². The number of ether oxygens (including phenoxy) is 1. The number of aromatic nitrogens is 6. The number of carboxylic acid groups (broad SMARTS) is 1. The minimum absolute atomic E-state index is 0.0485. The number of aryl methyl sites for hydroxylation is 1. The highest BCUT2D eigenvalue weighted by Crippen LogP contribution is 2.25. The minimum Gasteiger partial charge on any atom is -0.478 e. The Morgan fingerprint density at radius 2 is 1.95 bits per heavy atom. The van der Waals surface area contributed by atoms with Crippen LogP contribution in [0.2, 0.25) is 5.02 Å². The lowest BCUT2D eigenvalue weighted by atomic mass is 10.2. The van der Waals surface area contributed by atoms with Crippen LogP contribution >= 0.6 is 11.6 Å². The van der Waals surface area contributed by atoms with Gasteiger partial charge in [-0.25, -0.2) is 14.2 Å². The zero-order valence-corrected chi connectivity index (χ0v) is 24.4. The zero-order chi connectivity index (χ0) is 30.1. The largest absolute Gasteiger partial charge is 0.478 e. The van der Waals surface area contributed by atoms with Crippen molar-refractivity contribution in [3.05, 3.63) is 94.5 Å². The van der Waals surface area contributed by atoms with Crippen LogP contribution in [-0.4, -0.2) is 71.0 Å². The van der Waals surface area contributed by atoms with Crippen LogP contribution in [0, 0.1) is 5.82 Å². The van der Waals surface area contributed by atoms with Crippen LogP contribution in [0.25, 0.3) is 11.0 Å². The Hall–Kier alpha value is -4.55. The highest BCUT2D eigenvalue weighted by molar-refractivity contribution is 6.30. The Morgan fingerprint density at radius 1 is 1.09 bits per heavy atom. The average molecular weight is 605 g/mol. The predicted octanol–water partition coefficient (Wildman–Crippen LogP) is 4.39. The molecule has 1 atom stereocenters. The summed E-state index contributed by atoms with van der Waals surface area (Å²) < 4.78 is 23.8. The van der Waals surface area contributed by atoms with Gasteiger partial charge in [-0.2, -0.15) is 4.98 Å². The maximum Gasteiger partial charge on any atom is 0.335 e. The summed E-state index contributed by atoms with van der Waals surface area (Å²) in [5.41, 5.74) is 2.08. The standard InChI is InChI=1S/C30H30ClFN8O3/c1-19-14-39(26-4-3-5-29(35-26)43-17-21-6-8-22(31)13-23(21)32)11-10-38(19)15-27-34-24-9-7-20(30(41)42)12-25(24)40(27)16-28-36-33-18-37(28)2/h3-9,12-13,18-19H,10-11,14-17H2,1-2H3,(H,41,42)/t19-/m0/s1. The number of anilines is 1. The average Bonchev–Trinajstić information content (AvgIpc) is 3.55. The molecule has 1 N–H and O–H groups in total. The van der Waals surface area contributed by atoms with Crippen LogP contribution in [-0.2, 0) is 26.7 Å². The number of aromatic carboxylic acids is 1. The van der Waals surface area contributed by atoms with Gasteiger partial charge in [0.1, 0.15) is 30.4 Å². The van der Waals surface area contributed by atoms with E-state index >= 15 is 0 Å². The van der Waals surface area contributed by atoms with Gasteiger partial charge in [0.25, 0.3) is 0 Å². The Bertz CT molecular complexity index is 1790. The van der Waals surface area contributed by atoms with Crippen LogP contribution < -0.4 is 9.64 Å². The number of carboxylic acids is 1. The molecule has 43 heavy (non-hydrogen) atoms. The third-order valence-electron chi connectivity index (χ3n) is 7.71. The topological polar surface area (TPSA) is 114 Å². The molecule has 0 radical (unpaired) electrons. The number of imidazole rings is 1. The normalized spacial score (nSPS) is 15.7. The molecule has 222 valence electrons. The fraction of sp³-hybridized carbons (Fsp3) is 0.300. The molecule has 0 amide bonds. The van der Waals surface area contributed by atoms with Gasteiger partial charge in [0.2, 0.25) is 5.88 Å². The molecule has 1 fully saturated rings. The van der Waals surface area contributed by atoms with Crippen molar-refractivity contribution in [1.82, 2.24) is 34.2 Å². The van der Waals surface area contributed by atoms with E-state index in [1.807, 2.05) is 28.3 Å². The van der Waals surface area contributed by atoms with E-state index in [9.17, 15) is 14.3 Å². The van der Waals surface area contributed by atoms with Crippen molar-refractivity contribution < 1.29 is 19.0 Å². The summed E-state index contributed by atoms with van der Waals surface area (Å²) in [6.45, 7) is 5.43. The third kappa shape index (κ3) is 6.15. The van der Waals surface area contributed by atoms with E-state index in [0.717, 1.165) is 48.1 Å². The monoisotopic (exact) mass is 604 g/mol. The maximum atomic E-state index is 14.2. The molecule has 4 heterocycles. The molecule has 13 heteroatoms. The van der Waals surface area contributed by atoms with Crippen LogP contribution in [0.15, 0.2) is 60.9 Å². The van der Waals surface area contributed by atoms with Gasteiger partial charge < -0.3 is 23.9 Å². The molecule has 2 aromatic carbocycles. The number of pyridine rings is 1. The number of benzene rings is 2. The summed E-state index contributed by atoms with van der Waals surface area (Å²) in [5.74, 6) is 1.37. The molecule has 1 aliphatic rings. The van der Waals surface area contributed by atoms with Crippen molar-refractivity contribution >= 4 is 34.4 Å². The van der Waals surface area contributed by atoms with Gasteiger partial charge in [0, 0.05) is 49.4 Å². The number of carbonyl (C=O) groups is 1. The Kier molecular flexibility index (Phi) is 7.96. The number of fused-ring (bicyclic) bond motifs is 1. The molecule has 6 rings (SSSR count). The van der Waals surface area contributed by atoms with Crippen LogP contribution in [0.3, 0.4) is 0 Å². The van der Waals surface area contributed by atoms with E-state index in [0.29, 0.717) is 29.6 Å². The van der Waals surface area contributed by atoms with Gasteiger partial charge in [-0.3, -0.25) is 4.90 Å². The maximum absolute atomic E-state index is 14.2. The summed E-state index contributed by atoms with van der Waals surface area (Å²) in [6, 6.07) is 15.2. The van der Waals surface area contributed by atoms with E-state index in [-0.39, 0.29) is 18.2 Å². The van der Waals surface area contributed by atoms with E-state index < -0.39 is 11.8 Å². The molecular weight excluding hydrogens is 575 g/mol.